The van der Waals surface area contributed by atoms with Crippen molar-refractivity contribution in [3.63, 3.8) is 0 Å². The van der Waals surface area contributed by atoms with Gasteiger partial charge in [-0.1, -0.05) is 42.5 Å². The standard InChI is InChI=1S/C25H26N4O4/c30-24-20-8-4-5-9-21(20)25(31)28(24)19-10-11-22(23(16-19)29(32)33)27-14-12-26(13-15-27)17-18-6-2-1-3-7-18/h1-7,10-11,16,20-21H,8-9,12-15,17H2. The predicted molar refractivity (Wildman–Crippen MR) is 125 cm³/mol. The van der Waals surface area contributed by atoms with Crippen molar-refractivity contribution < 1.29 is 14.5 Å². The Balaban J connectivity index is 1.33. The van der Waals surface area contributed by atoms with E-state index in [1.807, 2.05) is 35.3 Å². The summed E-state index contributed by atoms with van der Waals surface area (Å²) in [5.74, 6) is -1.24. The Morgan fingerprint density at radius 3 is 2.12 bits per heavy atom. The lowest BCUT2D eigenvalue weighted by Crippen LogP contribution is -2.46. The molecule has 2 heterocycles. The second-order valence-electron chi connectivity index (χ2n) is 8.85. The third-order valence-electron chi connectivity index (χ3n) is 6.88. The molecule has 2 amide bonds. The van der Waals surface area contributed by atoms with Crippen LogP contribution in [-0.4, -0.2) is 47.8 Å². The van der Waals surface area contributed by atoms with Crippen molar-refractivity contribution in [1.82, 2.24) is 4.90 Å². The number of hydrogen-bond donors (Lipinski definition) is 0. The molecular weight excluding hydrogens is 420 g/mol. The molecule has 0 N–H and O–H groups in total. The van der Waals surface area contributed by atoms with Gasteiger partial charge in [-0.25, -0.2) is 4.90 Å². The Bertz CT molecular complexity index is 1080. The molecule has 0 saturated carbocycles. The fourth-order valence-corrected chi connectivity index (χ4v) is 5.11. The van der Waals surface area contributed by atoms with Gasteiger partial charge in [-0.3, -0.25) is 24.6 Å². The van der Waals surface area contributed by atoms with E-state index in [-0.39, 0.29) is 35.0 Å². The number of piperazine rings is 1. The highest BCUT2D eigenvalue weighted by Gasteiger charge is 2.48. The van der Waals surface area contributed by atoms with Crippen LogP contribution < -0.4 is 9.80 Å². The monoisotopic (exact) mass is 446 g/mol. The number of carbonyl (C=O) groups excluding carboxylic acids is 2. The molecule has 0 aromatic heterocycles. The molecule has 2 unspecified atom stereocenters. The van der Waals surface area contributed by atoms with Crippen molar-refractivity contribution >= 4 is 28.9 Å². The van der Waals surface area contributed by atoms with Crippen LogP contribution in [0, 0.1) is 22.0 Å². The van der Waals surface area contributed by atoms with Crippen LogP contribution in [-0.2, 0) is 16.1 Å². The highest BCUT2D eigenvalue weighted by molar-refractivity contribution is 6.22. The zero-order valence-corrected chi connectivity index (χ0v) is 18.3. The summed E-state index contributed by atoms with van der Waals surface area (Å²) in [6.07, 6.45) is 4.94. The Labute approximate surface area is 192 Å². The van der Waals surface area contributed by atoms with Gasteiger partial charge in [0.1, 0.15) is 5.69 Å². The fourth-order valence-electron chi connectivity index (χ4n) is 5.11. The normalized spacial score (nSPS) is 23.2. The van der Waals surface area contributed by atoms with Gasteiger partial charge in [-0.05, 0) is 30.5 Å². The number of imide groups is 1. The molecule has 1 aliphatic carbocycles. The van der Waals surface area contributed by atoms with Crippen molar-refractivity contribution in [1.29, 1.82) is 0 Å². The van der Waals surface area contributed by atoms with Crippen LogP contribution in [0.25, 0.3) is 0 Å². The van der Waals surface area contributed by atoms with Gasteiger partial charge in [0.15, 0.2) is 0 Å². The Hall–Kier alpha value is -3.52. The first-order valence-corrected chi connectivity index (χ1v) is 11.4. The Kier molecular flexibility index (Phi) is 5.68. The molecular formula is C25H26N4O4. The van der Waals surface area contributed by atoms with Crippen molar-refractivity contribution in [2.24, 2.45) is 11.8 Å². The maximum atomic E-state index is 12.9. The number of nitro groups is 1. The maximum absolute atomic E-state index is 12.9. The van der Waals surface area contributed by atoms with Crippen molar-refractivity contribution in [2.45, 2.75) is 19.4 Å². The number of nitro benzene ring substituents is 1. The molecule has 0 spiro atoms. The summed E-state index contributed by atoms with van der Waals surface area (Å²) >= 11 is 0. The minimum atomic E-state index is -0.422. The number of benzene rings is 2. The summed E-state index contributed by atoms with van der Waals surface area (Å²) in [6, 6.07) is 15.0. The van der Waals surface area contributed by atoms with Crippen LogP contribution in [0.1, 0.15) is 18.4 Å². The van der Waals surface area contributed by atoms with Crippen LogP contribution in [0.5, 0.6) is 0 Å². The lowest BCUT2D eigenvalue weighted by atomic mass is 9.85. The van der Waals surface area contributed by atoms with Crippen molar-refractivity contribution in [3.05, 3.63) is 76.4 Å². The first-order chi connectivity index (χ1) is 16.0. The van der Waals surface area contributed by atoms with E-state index >= 15 is 0 Å². The number of amides is 2. The van der Waals surface area contributed by atoms with E-state index in [1.165, 1.54) is 11.6 Å². The van der Waals surface area contributed by atoms with Gasteiger partial charge in [-0.2, -0.15) is 0 Å². The van der Waals surface area contributed by atoms with E-state index in [4.69, 9.17) is 0 Å². The van der Waals surface area contributed by atoms with Gasteiger partial charge in [0.05, 0.1) is 22.4 Å². The second-order valence-corrected chi connectivity index (χ2v) is 8.85. The molecule has 170 valence electrons. The average molecular weight is 447 g/mol. The zero-order chi connectivity index (χ0) is 22.9. The molecule has 0 bridgehead atoms. The Morgan fingerprint density at radius 1 is 0.879 bits per heavy atom. The van der Waals surface area contributed by atoms with Gasteiger partial charge in [-0.15, -0.1) is 0 Å². The van der Waals surface area contributed by atoms with Gasteiger partial charge in [0.25, 0.3) is 5.69 Å². The van der Waals surface area contributed by atoms with Gasteiger partial charge in [0, 0.05) is 38.8 Å². The third kappa shape index (κ3) is 4.02. The second kappa shape index (κ2) is 8.78. The molecule has 3 aliphatic rings. The highest BCUT2D eigenvalue weighted by atomic mass is 16.6. The number of carbonyl (C=O) groups is 2. The van der Waals surface area contributed by atoms with Crippen LogP contribution in [0.4, 0.5) is 17.1 Å². The fraction of sp³-hybridized carbons (Fsp3) is 0.360. The predicted octanol–water partition coefficient (Wildman–Crippen LogP) is 3.37. The van der Waals surface area contributed by atoms with Gasteiger partial charge in [0.2, 0.25) is 11.8 Å². The summed E-state index contributed by atoms with van der Waals surface area (Å²) in [4.78, 5) is 42.8. The van der Waals surface area contributed by atoms with Gasteiger partial charge >= 0.3 is 0 Å². The molecule has 8 nitrogen and oxygen atoms in total. The largest absolute Gasteiger partial charge is 0.363 e. The summed E-state index contributed by atoms with van der Waals surface area (Å²) in [5.41, 5.74) is 1.99. The first-order valence-electron chi connectivity index (χ1n) is 11.4. The molecule has 0 radical (unpaired) electrons. The molecule has 2 atom stereocenters. The zero-order valence-electron chi connectivity index (χ0n) is 18.3. The van der Waals surface area contributed by atoms with E-state index in [9.17, 15) is 19.7 Å². The SMILES string of the molecule is O=C1C2CC=CCC2C(=O)N1c1ccc(N2CCN(Cc3ccccc3)CC2)c([N+](=O)[O-])c1. The summed E-state index contributed by atoms with van der Waals surface area (Å²) in [6.45, 7) is 3.79. The van der Waals surface area contributed by atoms with Crippen LogP contribution in [0.2, 0.25) is 0 Å². The number of fused-ring (bicyclic) bond motifs is 1. The molecule has 2 fully saturated rings. The summed E-state index contributed by atoms with van der Waals surface area (Å²) < 4.78 is 0. The van der Waals surface area contributed by atoms with E-state index in [0.717, 1.165) is 24.5 Å². The third-order valence-corrected chi connectivity index (χ3v) is 6.88. The smallest absolute Gasteiger partial charge is 0.294 e. The maximum Gasteiger partial charge on any atom is 0.294 e. The molecule has 8 heteroatoms. The van der Waals surface area contributed by atoms with Crippen molar-refractivity contribution in [2.75, 3.05) is 36.0 Å². The number of nitrogens with zero attached hydrogens (tertiary/aromatic N) is 4. The quantitative estimate of drug-likeness (QED) is 0.303. The molecule has 2 aliphatic heterocycles. The summed E-state index contributed by atoms with van der Waals surface area (Å²) in [7, 11) is 0. The highest BCUT2D eigenvalue weighted by Crippen LogP contribution is 2.40. The lowest BCUT2D eigenvalue weighted by molar-refractivity contribution is -0.384. The van der Waals surface area contributed by atoms with Crippen LogP contribution in [0.3, 0.4) is 0 Å². The van der Waals surface area contributed by atoms with E-state index in [1.54, 1.807) is 12.1 Å². The van der Waals surface area contributed by atoms with E-state index in [2.05, 4.69) is 17.0 Å². The van der Waals surface area contributed by atoms with E-state index < -0.39 is 4.92 Å². The minimum Gasteiger partial charge on any atom is -0.363 e. The number of anilines is 2. The first kappa shape index (κ1) is 21.3. The number of rotatable bonds is 5. The number of allylic oxidation sites excluding steroid dienone is 2. The average Bonchev–Trinajstić information content (AvgIpc) is 3.10. The molecule has 5 rings (SSSR count). The summed E-state index contributed by atoms with van der Waals surface area (Å²) in [5, 5.41) is 11.9. The molecule has 2 aromatic carbocycles. The molecule has 2 saturated heterocycles. The van der Waals surface area contributed by atoms with Gasteiger partial charge < -0.3 is 4.90 Å². The van der Waals surface area contributed by atoms with Crippen LogP contribution >= 0.6 is 0 Å². The van der Waals surface area contributed by atoms with Crippen LogP contribution in [0.15, 0.2) is 60.7 Å². The molecule has 33 heavy (non-hydrogen) atoms. The van der Waals surface area contributed by atoms with Crippen molar-refractivity contribution in [3.8, 4) is 0 Å². The molecule has 2 aromatic rings. The minimum absolute atomic E-state index is 0.0717. The lowest BCUT2D eigenvalue weighted by Gasteiger charge is -2.36. The number of hydrogen-bond acceptors (Lipinski definition) is 6. The van der Waals surface area contributed by atoms with E-state index in [0.29, 0.717) is 31.6 Å². The topological polar surface area (TPSA) is 87.0 Å². The Morgan fingerprint density at radius 2 is 1.52 bits per heavy atom.